The lowest BCUT2D eigenvalue weighted by Crippen LogP contribution is -2.43. The zero-order valence-corrected chi connectivity index (χ0v) is 12.7. The number of alkyl halides is 2. The van der Waals surface area contributed by atoms with Gasteiger partial charge in [0, 0.05) is 6.42 Å². The van der Waals surface area contributed by atoms with E-state index in [9.17, 15) is 23.5 Å². The van der Waals surface area contributed by atoms with Crippen LogP contribution >= 0.6 is 0 Å². The number of carbonyl (C=O) groups is 2. The van der Waals surface area contributed by atoms with E-state index < -0.39 is 24.0 Å². The summed E-state index contributed by atoms with van der Waals surface area (Å²) in [6, 6.07) is 5.63. The van der Waals surface area contributed by atoms with Gasteiger partial charge in [-0.1, -0.05) is 18.6 Å². The number of carboxylic acid groups (broad SMARTS) is 1. The van der Waals surface area contributed by atoms with Gasteiger partial charge in [-0.15, -0.1) is 0 Å². The number of hydrogen-bond donors (Lipinski definition) is 2. The average Bonchev–Trinajstić information content (AvgIpc) is 2.42. The molecule has 126 valence electrons. The molecule has 1 aliphatic rings. The van der Waals surface area contributed by atoms with Crippen molar-refractivity contribution in [2.75, 3.05) is 0 Å². The third-order valence-electron chi connectivity index (χ3n) is 4.22. The molecule has 1 aromatic rings. The molecule has 1 aliphatic carbocycles. The monoisotopic (exact) mass is 327 g/mol. The summed E-state index contributed by atoms with van der Waals surface area (Å²) < 4.78 is 28.8. The van der Waals surface area contributed by atoms with Crippen molar-refractivity contribution in [3.8, 4) is 5.75 Å². The fourth-order valence-electron chi connectivity index (χ4n) is 2.71. The van der Waals surface area contributed by atoms with E-state index in [4.69, 9.17) is 0 Å². The van der Waals surface area contributed by atoms with Crippen molar-refractivity contribution in [1.29, 1.82) is 0 Å². The highest BCUT2D eigenvalue weighted by molar-refractivity contribution is 5.85. The van der Waals surface area contributed by atoms with Crippen molar-refractivity contribution in [3.63, 3.8) is 0 Å². The third-order valence-corrected chi connectivity index (χ3v) is 4.22. The second-order valence-corrected chi connectivity index (χ2v) is 5.86. The molecule has 0 bridgehead atoms. The number of carboxylic acids is 1. The molecule has 2 N–H and O–H groups in total. The van der Waals surface area contributed by atoms with Gasteiger partial charge in [0.15, 0.2) is 0 Å². The van der Waals surface area contributed by atoms with Gasteiger partial charge in [0.25, 0.3) is 0 Å². The van der Waals surface area contributed by atoms with E-state index in [1.165, 1.54) is 12.1 Å². The van der Waals surface area contributed by atoms with E-state index in [1.807, 2.05) is 0 Å². The first-order valence-corrected chi connectivity index (χ1v) is 7.40. The van der Waals surface area contributed by atoms with Gasteiger partial charge >= 0.3 is 12.6 Å². The van der Waals surface area contributed by atoms with Crippen molar-refractivity contribution in [3.05, 3.63) is 29.8 Å². The Morgan fingerprint density at radius 2 is 2.09 bits per heavy atom. The van der Waals surface area contributed by atoms with E-state index in [1.54, 1.807) is 19.1 Å². The number of amides is 1. The Bertz CT molecular complexity index is 587. The Morgan fingerprint density at radius 1 is 1.39 bits per heavy atom. The van der Waals surface area contributed by atoms with Gasteiger partial charge < -0.3 is 15.2 Å². The minimum absolute atomic E-state index is 0.0135. The van der Waals surface area contributed by atoms with Crippen LogP contribution in [0.5, 0.6) is 5.75 Å². The van der Waals surface area contributed by atoms with Crippen LogP contribution in [0, 0.1) is 5.41 Å². The molecule has 1 unspecified atom stereocenters. The molecule has 1 amide bonds. The Balaban J connectivity index is 1.97. The summed E-state index contributed by atoms with van der Waals surface area (Å²) in [6.45, 7) is -1.21. The minimum atomic E-state index is -2.91. The van der Waals surface area contributed by atoms with E-state index in [2.05, 4.69) is 10.1 Å². The highest BCUT2D eigenvalue weighted by atomic mass is 19.3. The summed E-state index contributed by atoms with van der Waals surface area (Å²) in [5.41, 5.74) is -0.348. The predicted octanol–water partition coefficient (Wildman–Crippen LogP) is 3.11. The molecule has 1 atom stereocenters. The molecule has 7 heteroatoms. The van der Waals surface area contributed by atoms with Gasteiger partial charge in [0.1, 0.15) is 5.75 Å². The molecule has 0 aromatic heterocycles. The number of aliphatic carboxylic acids is 1. The summed E-state index contributed by atoms with van der Waals surface area (Å²) in [5.74, 6) is -1.29. The summed E-state index contributed by atoms with van der Waals surface area (Å²) >= 11 is 0. The number of hydrogen-bond acceptors (Lipinski definition) is 3. The molecular formula is C16H19F2NO4. The number of ether oxygens (including phenoxy) is 1. The topological polar surface area (TPSA) is 75.6 Å². The Morgan fingerprint density at radius 3 is 2.61 bits per heavy atom. The maximum Gasteiger partial charge on any atom is 0.387 e. The molecule has 0 spiro atoms. The molecule has 0 aliphatic heterocycles. The lowest BCUT2D eigenvalue weighted by molar-refractivity contribution is -0.157. The minimum Gasteiger partial charge on any atom is -0.481 e. The zero-order chi connectivity index (χ0) is 17.0. The van der Waals surface area contributed by atoms with Gasteiger partial charge in [0.05, 0.1) is 11.5 Å². The molecule has 1 fully saturated rings. The molecule has 0 saturated heterocycles. The number of rotatable bonds is 7. The smallest absolute Gasteiger partial charge is 0.387 e. The van der Waals surface area contributed by atoms with Crippen LogP contribution in [0.25, 0.3) is 0 Å². The number of benzene rings is 1. The number of carbonyl (C=O) groups excluding carboxylic acids is 1. The largest absolute Gasteiger partial charge is 0.481 e. The summed E-state index contributed by atoms with van der Waals surface area (Å²) in [5, 5.41) is 11.9. The van der Waals surface area contributed by atoms with Crippen molar-refractivity contribution in [2.24, 2.45) is 5.41 Å². The van der Waals surface area contributed by atoms with Gasteiger partial charge in [-0.3, -0.25) is 9.59 Å². The second kappa shape index (κ2) is 6.93. The third kappa shape index (κ3) is 4.18. The maximum absolute atomic E-state index is 12.2. The van der Waals surface area contributed by atoms with E-state index in [0.29, 0.717) is 18.4 Å². The molecule has 5 nitrogen and oxygen atoms in total. The van der Waals surface area contributed by atoms with Crippen LogP contribution in [-0.2, 0) is 9.59 Å². The molecule has 0 heterocycles. The Hall–Kier alpha value is -2.18. The summed E-state index contributed by atoms with van der Waals surface area (Å²) in [6.07, 6.45) is 1.74. The lowest BCUT2D eigenvalue weighted by Gasteiger charge is -2.37. The quantitative estimate of drug-likeness (QED) is 0.807. The number of halogens is 2. The van der Waals surface area contributed by atoms with Gasteiger partial charge in [-0.25, -0.2) is 0 Å². The highest BCUT2D eigenvalue weighted by Gasteiger charge is 2.45. The van der Waals surface area contributed by atoms with Gasteiger partial charge in [-0.2, -0.15) is 8.78 Å². The lowest BCUT2D eigenvalue weighted by atomic mass is 9.66. The molecular weight excluding hydrogens is 308 g/mol. The molecule has 1 aromatic carbocycles. The Labute approximate surface area is 132 Å². The first kappa shape index (κ1) is 17.2. The van der Waals surface area contributed by atoms with E-state index in [-0.39, 0.29) is 18.1 Å². The van der Waals surface area contributed by atoms with Crippen LogP contribution in [0.3, 0.4) is 0 Å². The molecule has 2 rings (SSSR count). The average molecular weight is 327 g/mol. The molecule has 1 saturated carbocycles. The van der Waals surface area contributed by atoms with Crippen LogP contribution in [-0.4, -0.2) is 23.6 Å². The number of nitrogens with one attached hydrogen (secondary N) is 1. The fourth-order valence-corrected chi connectivity index (χ4v) is 2.71. The highest BCUT2D eigenvalue weighted by Crippen LogP contribution is 2.44. The van der Waals surface area contributed by atoms with Crippen molar-refractivity contribution in [2.45, 2.75) is 45.3 Å². The summed E-state index contributed by atoms with van der Waals surface area (Å²) in [4.78, 5) is 23.4. The van der Waals surface area contributed by atoms with Gasteiger partial charge in [-0.05, 0) is 37.5 Å². The molecule has 23 heavy (non-hydrogen) atoms. The fraction of sp³-hybridized carbons (Fsp3) is 0.500. The van der Waals surface area contributed by atoms with Gasteiger partial charge in [0.2, 0.25) is 5.91 Å². The second-order valence-electron chi connectivity index (χ2n) is 5.86. The molecule has 0 radical (unpaired) electrons. The standard InChI is InChI=1S/C16H19F2NO4/c1-10(11-4-2-5-12(8-11)23-15(17)18)19-13(20)9-16(14(21)22)6-3-7-16/h2,4-5,8,10,15H,3,6-7,9H2,1H3,(H,19,20)(H,21,22). The van der Waals surface area contributed by atoms with Crippen molar-refractivity contribution < 1.29 is 28.2 Å². The predicted molar refractivity (Wildman–Crippen MR) is 78.2 cm³/mol. The van der Waals surface area contributed by atoms with Crippen molar-refractivity contribution in [1.82, 2.24) is 5.32 Å². The van der Waals surface area contributed by atoms with E-state index in [0.717, 1.165) is 6.42 Å². The first-order valence-electron chi connectivity index (χ1n) is 7.40. The first-order chi connectivity index (χ1) is 10.8. The van der Waals surface area contributed by atoms with Crippen LogP contribution in [0.1, 0.15) is 44.2 Å². The van der Waals surface area contributed by atoms with Crippen LogP contribution < -0.4 is 10.1 Å². The normalized spacial score (nSPS) is 17.2. The SMILES string of the molecule is CC(NC(=O)CC1(C(=O)O)CCC1)c1cccc(OC(F)F)c1. The van der Waals surface area contributed by atoms with Crippen molar-refractivity contribution >= 4 is 11.9 Å². The zero-order valence-electron chi connectivity index (χ0n) is 12.7. The van der Waals surface area contributed by atoms with Crippen LogP contribution in [0.2, 0.25) is 0 Å². The Kier molecular flexibility index (Phi) is 5.18. The summed E-state index contributed by atoms with van der Waals surface area (Å²) in [7, 11) is 0. The maximum atomic E-state index is 12.2. The van der Waals surface area contributed by atoms with Crippen LogP contribution in [0.4, 0.5) is 8.78 Å². The van der Waals surface area contributed by atoms with E-state index >= 15 is 0 Å². The van der Waals surface area contributed by atoms with Crippen LogP contribution in [0.15, 0.2) is 24.3 Å².